The summed E-state index contributed by atoms with van der Waals surface area (Å²) in [5, 5.41) is 14.9. The predicted octanol–water partition coefficient (Wildman–Crippen LogP) is 4.03. The van der Waals surface area contributed by atoms with Gasteiger partial charge in [0.1, 0.15) is 23.7 Å². The van der Waals surface area contributed by atoms with Gasteiger partial charge in [0.25, 0.3) is 5.91 Å². The summed E-state index contributed by atoms with van der Waals surface area (Å²) < 4.78 is 30.9. The Balaban J connectivity index is 1.31. The molecule has 1 aliphatic heterocycles. The fraction of sp³-hybridized carbons (Fsp3) is 0.400. The number of carbonyl (C=O) groups excluding carboxylic acids is 1. The van der Waals surface area contributed by atoms with Crippen molar-refractivity contribution in [2.24, 2.45) is 11.7 Å². The second-order valence-electron chi connectivity index (χ2n) is 11.0. The smallest absolute Gasteiger partial charge is 0.251 e. The minimum atomic E-state index is -1.43. The van der Waals surface area contributed by atoms with E-state index in [0.29, 0.717) is 45.3 Å². The van der Waals surface area contributed by atoms with Crippen LogP contribution in [0.2, 0.25) is 0 Å². The molecule has 8 nitrogen and oxygen atoms in total. The highest BCUT2D eigenvalue weighted by atomic mass is 19.1. The van der Waals surface area contributed by atoms with Gasteiger partial charge in [-0.05, 0) is 87.1 Å². The van der Waals surface area contributed by atoms with Crippen molar-refractivity contribution in [3.8, 4) is 28.5 Å². The van der Waals surface area contributed by atoms with Crippen LogP contribution in [-0.2, 0) is 11.1 Å². The molecule has 3 aliphatic rings. The predicted molar refractivity (Wildman–Crippen MR) is 142 cm³/mol. The summed E-state index contributed by atoms with van der Waals surface area (Å²) in [5.74, 6) is 0.819. The number of methoxy groups -OCH3 is 1. The van der Waals surface area contributed by atoms with Crippen LogP contribution in [0, 0.1) is 11.7 Å². The lowest BCUT2D eigenvalue weighted by Gasteiger charge is -2.30. The average molecular weight is 534 g/mol. The molecule has 1 aromatic heterocycles. The topological polar surface area (TPSA) is 116 Å². The minimum absolute atomic E-state index is 0.0457. The highest BCUT2D eigenvalue weighted by Gasteiger charge is 2.48. The Bertz CT molecular complexity index is 1420. The van der Waals surface area contributed by atoms with Crippen molar-refractivity contribution >= 4 is 5.91 Å². The molecular formula is C30H32FN3O5. The van der Waals surface area contributed by atoms with E-state index in [2.05, 4.69) is 5.32 Å². The maximum atomic E-state index is 13.7. The number of aromatic nitrogens is 1. The van der Waals surface area contributed by atoms with Crippen molar-refractivity contribution in [2.45, 2.75) is 49.9 Å². The molecule has 1 unspecified atom stereocenters. The number of nitrogens with two attached hydrogens (primary N) is 1. The van der Waals surface area contributed by atoms with Gasteiger partial charge in [-0.15, -0.1) is 0 Å². The maximum Gasteiger partial charge on any atom is 0.251 e. The number of pyridine rings is 1. The standard InChI is InChI=1S/C30H32FN3O5/c1-29(32)16-38-27-22(29)14-25(34-26(27)17-3-8-20(31)9-4-17)30(36,19-6-7-19)15-33-28(35)18-5-12-23(24(13-18)37-2)39-21-10-11-21/h3-5,8-9,12-14,19,21,36H,6-7,10-11,15-16,32H2,1-2H3,(H,33,35)/t29-,30?/m0/s1. The largest absolute Gasteiger partial charge is 0.493 e. The van der Waals surface area contributed by atoms with Gasteiger partial charge in [-0.25, -0.2) is 9.37 Å². The van der Waals surface area contributed by atoms with Crippen LogP contribution in [-0.4, -0.2) is 42.4 Å². The van der Waals surface area contributed by atoms with Crippen LogP contribution >= 0.6 is 0 Å². The van der Waals surface area contributed by atoms with Crippen LogP contribution in [0.15, 0.2) is 48.5 Å². The number of ether oxygens (including phenoxy) is 3. The molecule has 2 aromatic carbocycles. The number of hydrogen-bond acceptors (Lipinski definition) is 7. The second kappa shape index (κ2) is 9.50. The molecule has 4 N–H and O–H groups in total. The van der Waals surface area contributed by atoms with Crippen molar-refractivity contribution in [1.82, 2.24) is 10.3 Å². The number of carbonyl (C=O) groups is 1. The van der Waals surface area contributed by atoms with E-state index >= 15 is 0 Å². The quantitative estimate of drug-likeness (QED) is 0.380. The summed E-state index contributed by atoms with van der Waals surface area (Å²) in [6, 6.07) is 12.8. The van der Waals surface area contributed by atoms with Crippen LogP contribution < -0.4 is 25.3 Å². The van der Waals surface area contributed by atoms with E-state index < -0.39 is 11.1 Å². The Morgan fingerprint density at radius 3 is 2.59 bits per heavy atom. The number of halogens is 1. The molecule has 39 heavy (non-hydrogen) atoms. The van der Waals surface area contributed by atoms with Crippen LogP contribution in [0.3, 0.4) is 0 Å². The molecule has 2 heterocycles. The Morgan fingerprint density at radius 2 is 1.92 bits per heavy atom. The zero-order valence-electron chi connectivity index (χ0n) is 22.0. The van der Waals surface area contributed by atoms with Gasteiger partial charge in [-0.1, -0.05) is 0 Å². The lowest BCUT2D eigenvalue weighted by atomic mass is 9.87. The fourth-order valence-electron chi connectivity index (χ4n) is 5.02. The van der Waals surface area contributed by atoms with Gasteiger partial charge in [0.15, 0.2) is 17.2 Å². The van der Waals surface area contributed by atoms with Gasteiger partial charge in [-0.3, -0.25) is 4.79 Å². The number of nitrogens with zero attached hydrogens (tertiary/aromatic N) is 1. The molecule has 0 saturated heterocycles. The molecule has 2 saturated carbocycles. The molecule has 204 valence electrons. The lowest BCUT2D eigenvalue weighted by molar-refractivity contribution is 0.00947. The van der Waals surface area contributed by atoms with Crippen molar-refractivity contribution in [3.63, 3.8) is 0 Å². The molecule has 0 spiro atoms. The number of nitrogens with one attached hydrogen (secondary N) is 1. The van der Waals surface area contributed by atoms with E-state index in [1.165, 1.54) is 19.2 Å². The third-order valence-corrected chi connectivity index (χ3v) is 7.68. The number of benzene rings is 2. The summed E-state index contributed by atoms with van der Waals surface area (Å²) in [5.41, 5.74) is 6.96. The Kier molecular flexibility index (Phi) is 6.23. The molecule has 3 aromatic rings. The summed E-state index contributed by atoms with van der Waals surface area (Å²) in [6.07, 6.45) is 3.83. The second-order valence-corrected chi connectivity index (χ2v) is 11.0. The fourth-order valence-corrected chi connectivity index (χ4v) is 5.02. The maximum absolute atomic E-state index is 13.7. The first kappa shape index (κ1) is 25.6. The third kappa shape index (κ3) is 4.92. The third-order valence-electron chi connectivity index (χ3n) is 7.68. The first-order chi connectivity index (χ1) is 18.7. The molecule has 0 bridgehead atoms. The molecule has 2 aliphatic carbocycles. The van der Waals surface area contributed by atoms with E-state index in [-0.39, 0.29) is 36.9 Å². The molecule has 9 heteroatoms. The summed E-state index contributed by atoms with van der Waals surface area (Å²) in [7, 11) is 1.54. The first-order valence-corrected chi connectivity index (χ1v) is 13.3. The van der Waals surface area contributed by atoms with Gasteiger partial charge < -0.3 is 30.4 Å². The zero-order chi connectivity index (χ0) is 27.4. The Hall–Kier alpha value is -3.69. The highest BCUT2D eigenvalue weighted by Crippen LogP contribution is 2.49. The summed E-state index contributed by atoms with van der Waals surface area (Å²) >= 11 is 0. The minimum Gasteiger partial charge on any atom is -0.493 e. The van der Waals surface area contributed by atoms with Crippen molar-refractivity contribution < 1.29 is 28.5 Å². The average Bonchev–Trinajstić information content (AvgIpc) is 3.86. The van der Waals surface area contributed by atoms with E-state index in [1.807, 2.05) is 6.92 Å². The van der Waals surface area contributed by atoms with Crippen LogP contribution in [0.25, 0.3) is 11.3 Å². The van der Waals surface area contributed by atoms with Gasteiger partial charge in [0.05, 0.1) is 31.0 Å². The van der Waals surface area contributed by atoms with E-state index in [4.69, 9.17) is 24.9 Å². The van der Waals surface area contributed by atoms with E-state index in [0.717, 1.165) is 25.7 Å². The first-order valence-electron chi connectivity index (χ1n) is 13.3. The highest BCUT2D eigenvalue weighted by molar-refractivity contribution is 5.95. The monoisotopic (exact) mass is 533 g/mol. The van der Waals surface area contributed by atoms with Crippen molar-refractivity contribution in [2.75, 3.05) is 20.3 Å². The summed E-state index contributed by atoms with van der Waals surface area (Å²) in [4.78, 5) is 18.0. The van der Waals surface area contributed by atoms with Gasteiger partial charge >= 0.3 is 0 Å². The number of amides is 1. The SMILES string of the molecule is COc1cc(C(=O)NCC(O)(c2cc3c(c(-c4ccc(F)cc4)n2)OC[C@]3(C)N)C2CC2)ccc1OC1CC1. The lowest BCUT2D eigenvalue weighted by Crippen LogP contribution is -2.43. The van der Waals surface area contributed by atoms with Gasteiger partial charge in [-0.2, -0.15) is 0 Å². The molecule has 0 radical (unpaired) electrons. The Morgan fingerprint density at radius 1 is 1.18 bits per heavy atom. The van der Waals surface area contributed by atoms with Crippen LogP contribution in [0.5, 0.6) is 17.2 Å². The Labute approximate surface area is 226 Å². The number of aliphatic hydroxyl groups is 1. The molecule has 6 rings (SSSR count). The van der Waals surface area contributed by atoms with E-state index in [9.17, 15) is 14.3 Å². The van der Waals surface area contributed by atoms with E-state index in [1.54, 1.807) is 36.4 Å². The molecule has 2 fully saturated rings. The van der Waals surface area contributed by atoms with Gasteiger partial charge in [0.2, 0.25) is 0 Å². The van der Waals surface area contributed by atoms with Crippen LogP contribution in [0.4, 0.5) is 4.39 Å². The summed E-state index contributed by atoms with van der Waals surface area (Å²) in [6.45, 7) is 2.07. The van der Waals surface area contributed by atoms with Crippen molar-refractivity contribution in [1.29, 1.82) is 0 Å². The number of fused-ring (bicyclic) bond motifs is 1. The van der Waals surface area contributed by atoms with Gasteiger partial charge in [0, 0.05) is 16.7 Å². The zero-order valence-corrected chi connectivity index (χ0v) is 22.0. The molecule has 2 atom stereocenters. The number of rotatable bonds is 9. The molecule has 1 amide bonds. The normalized spacial score (nSPS) is 21.5. The number of hydrogen-bond donors (Lipinski definition) is 3. The molecular weight excluding hydrogens is 501 g/mol. The van der Waals surface area contributed by atoms with Crippen LogP contribution in [0.1, 0.15) is 54.2 Å². The van der Waals surface area contributed by atoms with Crippen molar-refractivity contribution in [3.05, 3.63) is 71.2 Å².